The molecule has 1 aromatic carbocycles. The fraction of sp³-hybridized carbons (Fsp3) is 0.417. The quantitative estimate of drug-likeness (QED) is 0.779. The fourth-order valence-corrected chi connectivity index (χ4v) is 3.79. The molecule has 0 aromatic heterocycles. The van der Waals surface area contributed by atoms with Crippen LogP contribution >= 0.6 is 0 Å². The Morgan fingerprint density at radius 1 is 1.44 bits per heavy atom. The van der Waals surface area contributed by atoms with Crippen LogP contribution < -0.4 is 0 Å². The molecule has 1 saturated carbocycles. The molecule has 1 aliphatic rings. The number of hydrogen-bond donors (Lipinski definition) is 0. The number of halogens is 1. The maximum Gasteiger partial charge on any atom is 0.331 e. The van der Waals surface area contributed by atoms with Crippen molar-refractivity contribution in [3.05, 3.63) is 30.3 Å². The predicted octanol–water partition coefficient (Wildman–Crippen LogP) is 1.50. The molecule has 1 aromatic rings. The maximum absolute atomic E-state index is 13.5. The summed E-state index contributed by atoms with van der Waals surface area (Å²) in [5.74, 6) is -0.999. The number of carbonyl (C=O) groups excluding carboxylic acids is 1. The van der Waals surface area contributed by atoms with Gasteiger partial charge in [0.2, 0.25) is 4.75 Å². The molecule has 2 rings (SSSR count). The van der Waals surface area contributed by atoms with Gasteiger partial charge in [-0.1, -0.05) is 18.2 Å². The Labute approximate surface area is 105 Å². The second kappa shape index (κ2) is 4.35. The number of ether oxygens (including phenoxy) is 1. The number of hydrogen-bond acceptors (Lipinski definition) is 4. The number of rotatable bonds is 4. The lowest BCUT2D eigenvalue weighted by Gasteiger charge is -2.14. The van der Waals surface area contributed by atoms with Gasteiger partial charge in [0, 0.05) is 6.42 Å². The summed E-state index contributed by atoms with van der Waals surface area (Å²) in [6, 6.07) is 7.40. The van der Waals surface area contributed by atoms with Crippen molar-refractivity contribution in [1.29, 1.82) is 0 Å². The van der Waals surface area contributed by atoms with Gasteiger partial charge >= 0.3 is 5.97 Å². The number of alkyl halides is 1. The van der Waals surface area contributed by atoms with Crippen molar-refractivity contribution in [3.63, 3.8) is 0 Å². The summed E-state index contributed by atoms with van der Waals surface area (Å²) in [6.07, 6.45) is -2.02. The van der Waals surface area contributed by atoms with E-state index in [1.54, 1.807) is 13.0 Å². The van der Waals surface area contributed by atoms with Crippen LogP contribution in [0.5, 0.6) is 0 Å². The van der Waals surface area contributed by atoms with Crippen LogP contribution in [0, 0.1) is 0 Å². The highest BCUT2D eigenvalue weighted by Crippen LogP contribution is 2.50. The average Bonchev–Trinajstić information content (AvgIpc) is 3.04. The van der Waals surface area contributed by atoms with E-state index in [1.807, 2.05) is 0 Å². The largest absolute Gasteiger partial charge is 0.465 e. The van der Waals surface area contributed by atoms with Gasteiger partial charge < -0.3 is 4.74 Å². The lowest BCUT2D eigenvalue weighted by Crippen LogP contribution is -2.37. The van der Waals surface area contributed by atoms with E-state index in [-0.39, 0.29) is 17.9 Å². The third-order valence-corrected chi connectivity index (χ3v) is 5.42. The molecule has 98 valence electrons. The molecular formula is C12H13FO4S. The highest BCUT2D eigenvalue weighted by Gasteiger charge is 2.72. The van der Waals surface area contributed by atoms with Crippen molar-refractivity contribution in [2.75, 3.05) is 6.61 Å². The third kappa shape index (κ3) is 1.71. The Morgan fingerprint density at radius 3 is 2.44 bits per heavy atom. The summed E-state index contributed by atoms with van der Waals surface area (Å²) in [6.45, 7) is 1.58. The van der Waals surface area contributed by atoms with E-state index in [9.17, 15) is 17.6 Å². The van der Waals surface area contributed by atoms with Crippen LogP contribution in [0.25, 0.3) is 0 Å². The van der Waals surface area contributed by atoms with Crippen LogP contribution in [-0.4, -0.2) is 31.9 Å². The summed E-state index contributed by atoms with van der Waals surface area (Å²) in [7, 11) is -4.05. The van der Waals surface area contributed by atoms with Crippen molar-refractivity contribution >= 4 is 15.8 Å². The molecule has 1 fully saturated rings. The van der Waals surface area contributed by atoms with Gasteiger partial charge in [-0.3, -0.25) is 4.79 Å². The number of esters is 1. The molecule has 0 radical (unpaired) electrons. The molecule has 18 heavy (non-hydrogen) atoms. The first-order chi connectivity index (χ1) is 8.46. The molecule has 6 heteroatoms. The van der Waals surface area contributed by atoms with Gasteiger partial charge in [-0.15, -0.1) is 0 Å². The lowest BCUT2D eigenvalue weighted by atomic mass is 10.4. The van der Waals surface area contributed by atoms with Gasteiger partial charge in [0.15, 0.2) is 9.84 Å². The highest BCUT2D eigenvalue weighted by molar-refractivity contribution is 7.94. The van der Waals surface area contributed by atoms with Gasteiger partial charge in [0.1, 0.15) is 6.17 Å². The molecule has 0 N–H and O–H groups in total. The summed E-state index contributed by atoms with van der Waals surface area (Å²) in [5, 5.41) is 0. The zero-order valence-corrected chi connectivity index (χ0v) is 10.6. The zero-order valence-electron chi connectivity index (χ0n) is 9.80. The molecule has 0 amide bonds. The smallest absolute Gasteiger partial charge is 0.331 e. The second-order valence-electron chi connectivity index (χ2n) is 4.10. The van der Waals surface area contributed by atoms with E-state index in [1.165, 1.54) is 24.3 Å². The molecule has 0 aliphatic heterocycles. The lowest BCUT2D eigenvalue weighted by molar-refractivity contribution is -0.143. The Morgan fingerprint density at radius 2 is 2.00 bits per heavy atom. The van der Waals surface area contributed by atoms with Gasteiger partial charge in [-0.25, -0.2) is 12.8 Å². The minimum absolute atomic E-state index is 0.0254. The van der Waals surface area contributed by atoms with E-state index >= 15 is 0 Å². The van der Waals surface area contributed by atoms with E-state index in [0.717, 1.165) is 0 Å². The molecular weight excluding hydrogens is 259 g/mol. The van der Waals surface area contributed by atoms with Crippen molar-refractivity contribution in [3.8, 4) is 0 Å². The normalized spacial score (nSPS) is 26.7. The first kappa shape index (κ1) is 13.0. The van der Waals surface area contributed by atoms with E-state index in [0.29, 0.717) is 0 Å². The number of sulfone groups is 1. The molecule has 4 nitrogen and oxygen atoms in total. The van der Waals surface area contributed by atoms with Crippen molar-refractivity contribution < 1.29 is 22.3 Å². The first-order valence-electron chi connectivity index (χ1n) is 5.57. The van der Waals surface area contributed by atoms with Crippen LogP contribution in [0.4, 0.5) is 4.39 Å². The van der Waals surface area contributed by atoms with E-state index in [4.69, 9.17) is 0 Å². The number of benzene rings is 1. The molecule has 0 bridgehead atoms. The number of carbonyl (C=O) groups is 1. The first-order valence-corrected chi connectivity index (χ1v) is 7.06. The van der Waals surface area contributed by atoms with Gasteiger partial charge in [0.05, 0.1) is 11.5 Å². The van der Waals surface area contributed by atoms with Crippen molar-refractivity contribution in [1.82, 2.24) is 0 Å². The minimum atomic E-state index is -4.05. The highest BCUT2D eigenvalue weighted by atomic mass is 32.2. The molecule has 0 saturated heterocycles. The van der Waals surface area contributed by atoms with Crippen LogP contribution in [0.3, 0.4) is 0 Å². The van der Waals surface area contributed by atoms with Gasteiger partial charge in [-0.2, -0.15) is 0 Å². The Hall–Kier alpha value is -1.43. The minimum Gasteiger partial charge on any atom is -0.465 e. The molecule has 0 heterocycles. The van der Waals surface area contributed by atoms with Gasteiger partial charge in [-0.05, 0) is 19.1 Å². The molecule has 2 atom stereocenters. The SMILES string of the molecule is CCOC(=O)C1(S(=O)(=O)c2ccccc2)CC1F. The Kier molecular flexibility index (Phi) is 3.14. The average molecular weight is 272 g/mol. The predicted molar refractivity (Wildman–Crippen MR) is 62.5 cm³/mol. The van der Waals surface area contributed by atoms with Crippen molar-refractivity contribution in [2.24, 2.45) is 0 Å². The van der Waals surface area contributed by atoms with E-state index in [2.05, 4.69) is 4.74 Å². The topological polar surface area (TPSA) is 60.4 Å². The fourth-order valence-electron chi connectivity index (χ4n) is 1.87. The molecule has 1 aliphatic carbocycles. The van der Waals surface area contributed by atoms with Crippen LogP contribution in [0.2, 0.25) is 0 Å². The van der Waals surface area contributed by atoms with Crippen LogP contribution in [0.1, 0.15) is 13.3 Å². The molecule has 2 unspecified atom stereocenters. The summed E-state index contributed by atoms with van der Waals surface area (Å²) in [4.78, 5) is 11.7. The zero-order chi connectivity index (χ0) is 13.4. The summed E-state index contributed by atoms with van der Waals surface area (Å²) < 4.78 is 40.8. The van der Waals surface area contributed by atoms with E-state index < -0.39 is 26.7 Å². The molecule has 0 spiro atoms. The second-order valence-corrected chi connectivity index (χ2v) is 6.30. The van der Waals surface area contributed by atoms with Gasteiger partial charge in [0.25, 0.3) is 0 Å². The maximum atomic E-state index is 13.5. The summed E-state index contributed by atoms with van der Waals surface area (Å²) in [5.41, 5.74) is 0. The monoisotopic (exact) mass is 272 g/mol. The Balaban J connectivity index is 2.44. The van der Waals surface area contributed by atoms with Crippen LogP contribution in [-0.2, 0) is 19.4 Å². The van der Waals surface area contributed by atoms with Crippen LogP contribution in [0.15, 0.2) is 35.2 Å². The third-order valence-electron chi connectivity index (χ3n) is 2.98. The Bertz CT molecular complexity index is 555. The van der Waals surface area contributed by atoms with Crippen molar-refractivity contribution in [2.45, 2.75) is 29.2 Å². The summed E-state index contributed by atoms with van der Waals surface area (Å²) >= 11 is 0. The standard InChI is InChI=1S/C12H13FO4S/c1-2-17-11(14)12(8-10(12)13)18(15,16)9-6-4-3-5-7-9/h3-7,10H,2,8H2,1H3.